The molecule has 23 heavy (non-hydrogen) atoms. The molecular weight excluding hydrogens is 320 g/mol. The second kappa shape index (κ2) is 11.0. The first kappa shape index (κ1) is 20.3. The van der Waals surface area contributed by atoms with Crippen LogP contribution in [0, 0.1) is 0 Å². The van der Waals surface area contributed by atoms with Gasteiger partial charge in [-0.1, -0.05) is 11.8 Å². The van der Waals surface area contributed by atoms with E-state index in [1.54, 1.807) is 36.0 Å². The number of aliphatic carboxylic acids is 2. The fourth-order valence-corrected chi connectivity index (χ4v) is 1.98. The van der Waals surface area contributed by atoms with E-state index in [9.17, 15) is 0 Å². The summed E-state index contributed by atoms with van der Waals surface area (Å²) in [6.07, 6.45) is 0. The zero-order chi connectivity index (χ0) is 17.8. The summed E-state index contributed by atoms with van der Waals surface area (Å²) in [6.45, 7) is 2.17. The third-order valence-electron chi connectivity index (χ3n) is 1.91. The molecule has 0 aliphatic rings. The second-order valence-corrected chi connectivity index (χ2v) is 5.27. The summed E-state index contributed by atoms with van der Waals surface area (Å²) in [5, 5.41) is 33.1. The molecule has 0 amide bonds. The van der Waals surface area contributed by atoms with Gasteiger partial charge < -0.3 is 20.4 Å². The molecule has 0 saturated carbocycles. The third-order valence-corrected chi connectivity index (χ3v) is 2.92. The molecule has 0 fully saturated rings. The predicted octanol–water partition coefficient (Wildman–Crippen LogP) is 3.43. The molecule has 4 N–H and O–H groups in total. The number of phenols is 2. The van der Waals surface area contributed by atoms with Gasteiger partial charge in [-0.25, -0.2) is 0 Å². The van der Waals surface area contributed by atoms with Crippen molar-refractivity contribution in [1.29, 1.82) is 0 Å². The van der Waals surface area contributed by atoms with Gasteiger partial charge in [0.25, 0.3) is 11.9 Å². The van der Waals surface area contributed by atoms with Crippen molar-refractivity contribution in [1.82, 2.24) is 0 Å². The minimum atomic E-state index is -0.833. The minimum absolute atomic E-state index is 0.269. The van der Waals surface area contributed by atoms with Gasteiger partial charge in [0.1, 0.15) is 11.5 Å². The number of hydrogen-bond acceptors (Lipinski definition) is 5. The maximum Gasteiger partial charge on any atom is 0.300 e. The lowest BCUT2D eigenvalue weighted by atomic mass is 10.3. The Bertz CT molecular complexity index is 544. The lowest BCUT2D eigenvalue weighted by Crippen LogP contribution is -1.78. The molecule has 0 bridgehead atoms. The zero-order valence-corrected chi connectivity index (χ0v) is 13.4. The molecule has 6 nitrogen and oxygen atoms in total. The Morgan fingerprint density at radius 3 is 1.13 bits per heavy atom. The third kappa shape index (κ3) is 12.8. The Morgan fingerprint density at radius 1 is 0.696 bits per heavy atom. The molecule has 0 radical (unpaired) electrons. The predicted molar refractivity (Wildman–Crippen MR) is 87.0 cm³/mol. The summed E-state index contributed by atoms with van der Waals surface area (Å²) in [5.41, 5.74) is 0. The average molecular weight is 338 g/mol. The number of carboxylic acids is 2. The summed E-state index contributed by atoms with van der Waals surface area (Å²) < 4.78 is 0. The van der Waals surface area contributed by atoms with Crippen LogP contribution in [0.4, 0.5) is 0 Å². The molecule has 0 spiro atoms. The van der Waals surface area contributed by atoms with Crippen LogP contribution >= 0.6 is 11.8 Å². The lowest BCUT2D eigenvalue weighted by Gasteiger charge is -2.01. The SMILES string of the molecule is CC(=O)O.CC(=O)O.Oc1ccc(Sc2ccc(O)cc2)cc1. The van der Waals surface area contributed by atoms with E-state index >= 15 is 0 Å². The number of rotatable bonds is 2. The molecule has 0 aromatic heterocycles. The fraction of sp³-hybridized carbons (Fsp3) is 0.125. The van der Waals surface area contributed by atoms with E-state index in [2.05, 4.69) is 0 Å². The molecule has 0 unspecified atom stereocenters. The van der Waals surface area contributed by atoms with Crippen LogP contribution in [0.2, 0.25) is 0 Å². The van der Waals surface area contributed by atoms with E-state index in [1.165, 1.54) is 0 Å². The quantitative estimate of drug-likeness (QED) is 0.663. The van der Waals surface area contributed by atoms with Gasteiger partial charge in [0.2, 0.25) is 0 Å². The molecule has 0 aliphatic carbocycles. The van der Waals surface area contributed by atoms with E-state index in [0.29, 0.717) is 0 Å². The number of benzene rings is 2. The maximum absolute atomic E-state index is 9.12. The monoisotopic (exact) mass is 338 g/mol. The summed E-state index contributed by atoms with van der Waals surface area (Å²) in [5.74, 6) is -1.13. The molecule has 2 rings (SSSR count). The van der Waals surface area contributed by atoms with E-state index in [-0.39, 0.29) is 11.5 Å². The van der Waals surface area contributed by atoms with Gasteiger partial charge in [-0.15, -0.1) is 0 Å². The topological polar surface area (TPSA) is 115 Å². The van der Waals surface area contributed by atoms with Gasteiger partial charge in [0, 0.05) is 23.6 Å². The van der Waals surface area contributed by atoms with Crippen LogP contribution in [0.15, 0.2) is 58.3 Å². The molecule has 0 atom stereocenters. The van der Waals surface area contributed by atoms with Crippen LogP contribution in [0.1, 0.15) is 13.8 Å². The van der Waals surface area contributed by atoms with Gasteiger partial charge in [-0.3, -0.25) is 9.59 Å². The van der Waals surface area contributed by atoms with Crippen LogP contribution in [0.5, 0.6) is 11.5 Å². The van der Waals surface area contributed by atoms with Crippen LogP contribution in [0.3, 0.4) is 0 Å². The molecule has 7 heteroatoms. The lowest BCUT2D eigenvalue weighted by molar-refractivity contribution is -0.135. The van der Waals surface area contributed by atoms with Crippen molar-refractivity contribution in [2.45, 2.75) is 23.6 Å². The summed E-state index contributed by atoms with van der Waals surface area (Å²) >= 11 is 1.58. The van der Waals surface area contributed by atoms with Gasteiger partial charge in [-0.2, -0.15) is 0 Å². The number of aromatic hydroxyl groups is 2. The van der Waals surface area contributed by atoms with Crippen molar-refractivity contribution in [2.24, 2.45) is 0 Å². The number of hydrogen-bond donors (Lipinski definition) is 4. The fourth-order valence-electron chi connectivity index (χ4n) is 1.16. The molecule has 2 aromatic rings. The zero-order valence-electron chi connectivity index (χ0n) is 12.6. The van der Waals surface area contributed by atoms with Gasteiger partial charge in [-0.05, 0) is 48.5 Å². The highest BCUT2D eigenvalue weighted by atomic mass is 32.2. The standard InChI is InChI=1S/C12H10O2S.2C2H4O2/c13-9-1-5-11(6-2-9)15-12-7-3-10(14)4-8-12;2*1-2(3)4/h1-8,13-14H;2*1H3,(H,3,4). The Hall–Kier alpha value is -2.67. The largest absolute Gasteiger partial charge is 0.508 e. The number of phenolic OH excluding ortho intramolecular Hbond substituents is 2. The Morgan fingerprint density at radius 2 is 0.913 bits per heavy atom. The highest BCUT2D eigenvalue weighted by molar-refractivity contribution is 7.99. The summed E-state index contributed by atoms with van der Waals surface area (Å²) in [4.78, 5) is 20.1. The maximum atomic E-state index is 9.12. The second-order valence-electron chi connectivity index (χ2n) is 4.13. The van der Waals surface area contributed by atoms with Crippen LogP contribution < -0.4 is 0 Å². The molecule has 0 heterocycles. The summed E-state index contributed by atoms with van der Waals surface area (Å²) in [6, 6.07) is 14.0. The van der Waals surface area contributed by atoms with E-state index in [4.69, 9.17) is 30.0 Å². The van der Waals surface area contributed by atoms with Crippen LogP contribution in [-0.4, -0.2) is 32.4 Å². The first-order valence-corrected chi connectivity index (χ1v) is 7.17. The van der Waals surface area contributed by atoms with E-state index in [0.717, 1.165) is 23.6 Å². The van der Waals surface area contributed by atoms with Crippen LogP contribution in [0.25, 0.3) is 0 Å². The minimum Gasteiger partial charge on any atom is -0.508 e. The van der Waals surface area contributed by atoms with Crippen molar-refractivity contribution >= 4 is 23.7 Å². The van der Waals surface area contributed by atoms with Crippen molar-refractivity contribution in [3.63, 3.8) is 0 Å². The normalized spacial score (nSPS) is 8.78. The Kier molecular flexibility index (Phi) is 9.70. The first-order valence-electron chi connectivity index (χ1n) is 6.35. The van der Waals surface area contributed by atoms with Gasteiger partial charge in [0.05, 0.1) is 0 Å². The molecule has 0 saturated heterocycles. The van der Waals surface area contributed by atoms with E-state index in [1.807, 2.05) is 24.3 Å². The molecular formula is C16H18O6S. The number of carboxylic acid groups (broad SMARTS) is 2. The molecule has 0 aliphatic heterocycles. The highest BCUT2D eigenvalue weighted by Crippen LogP contribution is 2.29. The average Bonchev–Trinajstić information content (AvgIpc) is 2.43. The van der Waals surface area contributed by atoms with Crippen LogP contribution in [-0.2, 0) is 9.59 Å². The van der Waals surface area contributed by atoms with E-state index < -0.39 is 11.9 Å². The first-order chi connectivity index (χ1) is 10.7. The Balaban J connectivity index is 0.000000509. The summed E-state index contributed by atoms with van der Waals surface area (Å²) in [7, 11) is 0. The highest BCUT2D eigenvalue weighted by Gasteiger charge is 1.97. The number of carbonyl (C=O) groups is 2. The van der Waals surface area contributed by atoms with Gasteiger partial charge in [0.15, 0.2) is 0 Å². The van der Waals surface area contributed by atoms with Gasteiger partial charge >= 0.3 is 0 Å². The molecule has 124 valence electrons. The van der Waals surface area contributed by atoms with Crippen molar-refractivity contribution < 1.29 is 30.0 Å². The van der Waals surface area contributed by atoms with Crippen molar-refractivity contribution in [3.8, 4) is 11.5 Å². The van der Waals surface area contributed by atoms with Crippen molar-refractivity contribution in [3.05, 3.63) is 48.5 Å². The molecule has 2 aromatic carbocycles. The Labute approximate surface area is 138 Å². The smallest absolute Gasteiger partial charge is 0.300 e. The van der Waals surface area contributed by atoms with Crippen molar-refractivity contribution in [2.75, 3.05) is 0 Å².